The van der Waals surface area contributed by atoms with Crippen LogP contribution in [0.2, 0.25) is 5.02 Å². The number of benzene rings is 1. The van der Waals surface area contributed by atoms with Gasteiger partial charge in [-0.05, 0) is 46.5 Å². The average Bonchev–Trinajstić information content (AvgIpc) is 2.28. The molecular weight excluding hydrogens is 357 g/mol. The van der Waals surface area contributed by atoms with Crippen LogP contribution in [0.5, 0.6) is 0 Å². The maximum absolute atomic E-state index is 6.07. The third kappa shape index (κ3) is 2.78. The molecule has 0 amide bonds. The number of anilines is 1. The van der Waals surface area contributed by atoms with Gasteiger partial charge in [-0.2, -0.15) is 0 Å². The Kier molecular flexibility index (Phi) is 3.88. The second kappa shape index (κ2) is 5.20. The molecule has 1 heterocycles. The van der Waals surface area contributed by atoms with Gasteiger partial charge in [0.1, 0.15) is 0 Å². The van der Waals surface area contributed by atoms with Gasteiger partial charge in [0.05, 0.1) is 10.7 Å². The molecule has 2 aromatic rings. The van der Waals surface area contributed by atoms with Crippen LogP contribution in [0.15, 0.2) is 40.6 Å². The number of hydrogen-bond donors (Lipinski definition) is 1. The standard InChI is InChI=1S/C10H7ClIN3S/c11-9-7(13)2-1-3-8(9)16-10-14-4-6(12)5-15-10/h1-5H,13H2. The van der Waals surface area contributed by atoms with Crippen molar-refractivity contribution in [3.8, 4) is 0 Å². The molecule has 0 fully saturated rings. The Morgan fingerprint density at radius 3 is 2.62 bits per heavy atom. The summed E-state index contributed by atoms with van der Waals surface area (Å²) in [6.45, 7) is 0. The fourth-order valence-corrected chi connectivity index (χ4v) is 2.34. The first-order valence-electron chi connectivity index (χ1n) is 4.36. The van der Waals surface area contributed by atoms with E-state index in [1.54, 1.807) is 18.5 Å². The van der Waals surface area contributed by atoms with Gasteiger partial charge in [-0.1, -0.05) is 17.7 Å². The van der Waals surface area contributed by atoms with Gasteiger partial charge in [-0.25, -0.2) is 9.97 Å². The number of nitrogen functional groups attached to an aromatic ring is 1. The van der Waals surface area contributed by atoms with Crippen molar-refractivity contribution in [2.45, 2.75) is 10.1 Å². The Hall–Kier alpha value is -0.530. The van der Waals surface area contributed by atoms with Crippen molar-refractivity contribution in [3.05, 3.63) is 39.2 Å². The van der Waals surface area contributed by atoms with Crippen molar-refractivity contribution in [1.82, 2.24) is 9.97 Å². The SMILES string of the molecule is Nc1cccc(Sc2ncc(I)cn2)c1Cl. The summed E-state index contributed by atoms with van der Waals surface area (Å²) in [6.07, 6.45) is 3.52. The van der Waals surface area contributed by atoms with Gasteiger partial charge in [0.2, 0.25) is 0 Å². The Morgan fingerprint density at radius 2 is 1.94 bits per heavy atom. The molecule has 0 radical (unpaired) electrons. The lowest BCUT2D eigenvalue weighted by Crippen LogP contribution is -1.89. The maximum Gasteiger partial charge on any atom is 0.192 e. The predicted molar refractivity (Wildman–Crippen MR) is 74.7 cm³/mol. The van der Waals surface area contributed by atoms with Crippen molar-refractivity contribution >= 4 is 51.6 Å². The van der Waals surface area contributed by atoms with E-state index in [0.717, 1.165) is 8.47 Å². The monoisotopic (exact) mass is 363 g/mol. The fraction of sp³-hybridized carbons (Fsp3) is 0. The Balaban J connectivity index is 2.27. The molecule has 3 nitrogen and oxygen atoms in total. The lowest BCUT2D eigenvalue weighted by Gasteiger charge is -2.04. The van der Waals surface area contributed by atoms with Gasteiger partial charge in [0.15, 0.2) is 5.16 Å². The number of rotatable bonds is 2. The second-order valence-electron chi connectivity index (χ2n) is 2.95. The summed E-state index contributed by atoms with van der Waals surface area (Å²) in [5, 5.41) is 1.21. The molecule has 0 spiro atoms. The fourth-order valence-electron chi connectivity index (χ4n) is 1.06. The van der Waals surface area contributed by atoms with Crippen LogP contribution in [-0.4, -0.2) is 9.97 Å². The van der Waals surface area contributed by atoms with Crippen LogP contribution in [0.1, 0.15) is 0 Å². The first kappa shape index (κ1) is 11.9. The highest BCUT2D eigenvalue weighted by molar-refractivity contribution is 14.1. The molecule has 0 atom stereocenters. The molecule has 82 valence electrons. The molecule has 0 saturated heterocycles. The third-order valence-corrected chi connectivity index (χ3v) is 3.84. The minimum Gasteiger partial charge on any atom is -0.397 e. The van der Waals surface area contributed by atoms with E-state index >= 15 is 0 Å². The van der Waals surface area contributed by atoms with Gasteiger partial charge in [0.25, 0.3) is 0 Å². The molecule has 0 aliphatic heterocycles. The number of aromatic nitrogens is 2. The number of halogens is 2. The van der Waals surface area contributed by atoms with Crippen molar-refractivity contribution < 1.29 is 0 Å². The summed E-state index contributed by atoms with van der Waals surface area (Å²) in [5.74, 6) is 0. The molecule has 2 rings (SSSR count). The second-order valence-corrected chi connectivity index (χ2v) is 5.58. The molecule has 0 saturated carbocycles. The van der Waals surface area contributed by atoms with Crippen LogP contribution >= 0.6 is 46.0 Å². The van der Waals surface area contributed by atoms with Gasteiger partial charge in [0, 0.05) is 20.9 Å². The van der Waals surface area contributed by atoms with Crippen LogP contribution in [0, 0.1) is 3.57 Å². The molecule has 0 aliphatic rings. The summed E-state index contributed by atoms with van der Waals surface area (Å²) in [5.41, 5.74) is 6.28. The highest BCUT2D eigenvalue weighted by Crippen LogP contribution is 2.34. The highest BCUT2D eigenvalue weighted by Gasteiger charge is 2.06. The Bertz CT molecular complexity index is 504. The maximum atomic E-state index is 6.07. The van der Waals surface area contributed by atoms with Gasteiger partial charge >= 0.3 is 0 Å². The first-order valence-corrected chi connectivity index (χ1v) is 6.63. The highest BCUT2D eigenvalue weighted by atomic mass is 127. The molecule has 0 bridgehead atoms. The van der Waals surface area contributed by atoms with E-state index in [1.165, 1.54) is 11.8 Å². The average molecular weight is 364 g/mol. The minimum atomic E-state index is 0.551. The quantitative estimate of drug-likeness (QED) is 0.504. The number of nitrogens with zero attached hydrogens (tertiary/aromatic N) is 2. The van der Waals surface area contributed by atoms with Gasteiger partial charge < -0.3 is 5.73 Å². The van der Waals surface area contributed by atoms with Crippen molar-refractivity contribution in [2.24, 2.45) is 0 Å². The zero-order valence-electron chi connectivity index (χ0n) is 8.02. The van der Waals surface area contributed by atoms with E-state index in [0.29, 0.717) is 15.9 Å². The van der Waals surface area contributed by atoms with E-state index < -0.39 is 0 Å². The number of hydrogen-bond acceptors (Lipinski definition) is 4. The molecular formula is C10H7ClIN3S. The summed E-state index contributed by atoms with van der Waals surface area (Å²) >= 11 is 9.63. The van der Waals surface area contributed by atoms with Crippen LogP contribution in [0.25, 0.3) is 0 Å². The predicted octanol–water partition coefficient (Wildman–Crippen LogP) is 3.47. The Labute approximate surface area is 116 Å². The Morgan fingerprint density at radius 1 is 1.25 bits per heavy atom. The topological polar surface area (TPSA) is 51.8 Å². The lowest BCUT2D eigenvalue weighted by molar-refractivity contribution is 0.957. The van der Waals surface area contributed by atoms with Gasteiger partial charge in [-0.15, -0.1) is 0 Å². The molecule has 0 unspecified atom stereocenters. The van der Waals surface area contributed by atoms with Crippen LogP contribution < -0.4 is 5.73 Å². The first-order chi connectivity index (χ1) is 7.66. The summed E-state index contributed by atoms with van der Waals surface area (Å²) in [6, 6.07) is 5.52. The third-order valence-electron chi connectivity index (χ3n) is 1.79. The lowest BCUT2D eigenvalue weighted by atomic mass is 10.3. The van der Waals surface area contributed by atoms with Crippen LogP contribution in [0.4, 0.5) is 5.69 Å². The van der Waals surface area contributed by atoms with E-state index in [1.807, 2.05) is 12.1 Å². The van der Waals surface area contributed by atoms with Crippen LogP contribution in [-0.2, 0) is 0 Å². The van der Waals surface area contributed by atoms with Crippen molar-refractivity contribution in [3.63, 3.8) is 0 Å². The smallest absolute Gasteiger partial charge is 0.192 e. The summed E-state index contributed by atoms with van der Waals surface area (Å²) in [7, 11) is 0. The summed E-state index contributed by atoms with van der Waals surface area (Å²) < 4.78 is 1.00. The number of nitrogens with two attached hydrogens (primary N) is 1. The van der Waals surface area contributed by atoms with Crippen molar-refractivity contribution in [1.29, 1.82) is 0 Å². The minimum absolute atomic E-state index is 0.551. The van der Waals surface area contributed by atoms with Gasteiger partial charge in [-0.3, -0.25) is 0 Å². The van der Waals surface area contributed by atoms with E-state index in [9.17, 15) is 0 Å². The van der Waals surface area contributed by atoms with E-state index in [4.69, 9.17) is 17.3 Å². The van der Waals surface area contributed by atoms with E-state index in [2.05, 4.69) is 32.6 Å². The molecule has 1 aromatic carbocycles. The largest absolute Gasteiger partial charge is 0.397 e. The molecule has 2 N–H and O–H groups in total. The zero-order valence-corrected chi connectivity index (χ0v) is 11.8. The summed E-state index contributed by atoms with van der Waals surface area (Å²) in [4.78, 5) is 9.24. The van der Waals surface area contributed by atoms with Crippen molar-refractivity contribution in [2.75, 3.05) is 5.73 Å². The zero-order chi connectivity index (χ0) is 11.5. The molecule has 6 heteroatoms. The molecule has 16 heavy (non-hydrogen) atoms. The van der Waals surface area contributed by atoms with Crippen LogP contribution in [0.3, 0.4) is 0 Å². The van der Waals surface area contributed by atoms with E-state index in [-0.39, 0.29) is 0 Å². The molecule has 1 aromatic heterocycles. The normalized spacial score (nSPS) is 10.4. The molecule has 0 aliphatic carbocycles.